The van der Waals surface area contributed by atoms with Gasteiger partial charge in [0.25, 0.3) is 0 Å². The van der Waals surface area contributed by atoms with E-state index in [1.54, 1.807) is 0 Å². The molecule has 2 aliphatic carbocycles. The van der Waals surface area contributed by atoms with Crippen molar-refractivity contribution in [3.05, 3.63) is 23.3 Å². The van der Waals surface area contributed by atoms with E-state index in [4.69, 9.17) is 9.47 Å². The SMILES string of the molecule is CC(=O)O[C@@H]1C(=O)CCC2=C[C@@H](OC(C)=O)C[C@H](C)[C@@]2(C)C=C1C. The van der Waals surface area contributed by atoms with Crippen molar-refractivity contribution < 1.29 is 23.9 Å². The fraction of sp³-hybridized carbons (Fsp3) is 0.632. The Morgan fingerprint density at radius 3 is 2.38 bits per heavy atom. The molecule has 132 valence electrons. The third kappa shape index (κ3) is 3.77. The van der Waals surface area contributed by atoms with Crippen molar-refractivity contribution in [2.75, 3.05) is 0 Å². The Kier molecular flexibility index (Phi) is 5.31. The fourth-order valence-corrected chi connectivity index (χ4v) is 3.78. The summed E-state index contributed by atoms with van der Waals surface area (Å²) in [5.41, 5.74) is 1.64. The quantitative estimate of drug-likeness (QED) is 0.573. The highest BCUT2D eigenvalue weighted by molar-refractivity contribution is 5.88. The molecule has 24 heavy (non-hydrogen) atoms. The van der Waals surface area contributed by atoms with Gasteiger partial charge in [-0.2, -0.15) is 0 Å². The summed E-state index contributed by atoms with van der Waals surface area (Å²) in [5.74, 6) is -0.599. The zero-order valence-corrected chi connectivity index (χ0v) is 15.0. The summed E-state index contributed by atoms with van der Waals surface area (Å²) in [5, 5.41) is 0. The molecule has 0 unspecified atom stereocenters. The zero-order chi connectivity index (χ0) is 18.1. The lowest BCUT2D eigenvalue weighted by Gasteiger charge is -2.43. The molecule has 0 aromatic rings. The van der Waals surface area contributed by atoms with Gasteiger partial charge >= 0.3 is 11.9 Å². The highest BCUT2D eigenvalue weighted by Gasteiger charge is 2.41. The zero-order valence-electron chi connectivity index (χ0n) is 15.0. The molecule has 4 atom stereocenters. The van der Waals surface area contributed by atoms with E-state index < -0.39 is 12.1 Å². The number of Topliss-reactive ketones (excluding diaryl/α,β-unsaturated/α-hetero) is 1. The average Bonchev–Trinajstić information content (AvgIpc) is 2.45. The molecular formula is C19H26O5. The van der Waals surface area contributed by atoms with Crippen molar-refractivity contribution in [2.45, 2.75) is 66.1 Å². The van der Waals surface area contributed by atoms with Crippen LogP contribution in [0.25, 0.3) is 0 Å². The van der Waals surface area contributed by atoms with Crippen molar-refractivity contribution in [1.29, 1.82) is 0 Å². The number of esters is 2. The van der Waals surface area contributed by atoms with Crippen molar-refractivity contribution in [2.24, 2.45) is 11.3 Å². The van der Waals surface area contributed by atoms with Crippen LogP contribution in [-0.2, 0) is 23.9 Å². The van der Waals surface area contributed by atoms with Gasteiger partial charge in [0.15, 0.2) is 11.9 Å². The van der Waals surface area contributed by atoms with Gasteiger partial charge in [0.2, 0.25) is 0 Å². The number of carbonyl (C=O) groups is 3. The Balaban J connectivity index is 2.41. The summed E-state index contributed by atoms with van der Waals surface area (Å²) in [4.78, 5) is 35.0. The largest absolute Gasteiger partial charge is 0.458 e. The first-order valence-corrected chi connectivity index (χ1v) is 8.41. The molecule has 0 aromatic heterocycles. The van der Waals surface area contributed by atoms with Crippen LogP contribution in [0.2, 0.25) is 0 Å². The van der Waals surface area contributed by atoms with Crippen LogP contribution in [0.4, 0.5) is 0 Å². The van der Waals surface area contributed by atoms with Gasteiger partial charge in [-0.1, -0.05) is 25.5 Å². The molecule has 0 heterocycles. The lowest BCUT2D eigenvalue weighted by atomic mass is 9.63. The van der Waals surface area contributed by atoms with Gasteiger partial charge in [-0.05, 0) is 37.3 Å². The maximum Gasteiger partial charge on any atom is 0.303 e. The monoisotopic (exact) mass is 334 g/mol. The normalized spacial score (nSPS) is 33.4. The minimum absolute atomic E-state index is 0.0934. The number of rotatable bonds is 2. The average molecular weight is 334 g/mol. The Labute approximate surface area is 143 Å². The fourth-order valence-electron chi connectivity index (χ4n) is 3.78. The number of hydrogen-bond acceptors (Lipinski definition) is 5. The summed E-state index contributed by atoms with van der Waals surface area (Å²) in [6, 6.07) is 0. The van der Waals surface area contributed by atoms with Gasteiger partial charge in [-0.3, -0.25) is 14.4 Å². The maximum atomic E-state index is 12.4. The van der Waals surface area contributed by atoms with Crippen LogP contribution >= 0.6 is 0 Å². The number of carbonyl (C=O) groups excluding carboxylic acids is 3. The van der Waals surface area contributed by atoms with Crippen LogP contribution in [0.5, 0.6) is 0 Å². The first-order chi connectivity index (χ1) is 11.1. The number of hydrogen-bond donors (Lipinski definition) is 0. The molecule has 5 nitrogen and oxygen atoms in total. The second-order valence-corrected chi connectivity index (χ2v) is 7.10. The number of ether oxygens (including phenoxy) is 2. The molecule has 0 bridgehead atoms. The molecule has 0 spiro atoms. The minimum Gasteiger partial charge on any atom is -0.458 e. The molecule has 0 aliphatic heterocycles. The molecule has 0 amide bonds. The summed E-state index contributed by atoms with van der Waals surface area (Å²) in [6.45, 7) is 8.82. The van der Waals surface area contributed by atoms with E-state index in [-0.39, 0.29) is 29.2 Å². The second-order valence-electron chi connectivity index (χ2n) is 7.10. The molecule has 0 radical (unpaired) electrons. The van der Waals surface area contributed by atoms with Crippen LogP contribution in [0.15, 0.2) is 23.3 Å². The molecule has 0 fully saturated rings. The van der Waals surface area contributed by atoms with Gasteiger partial charge in [-0.15, -0.1) is 0 Å². The van der Waals surface area contributed by atoms with Crippen molar-refractivity contribution >= 4 is 17.7 Å². The number of fused-ring (bicyclic) bond motifs is 1. The van der Waals surface area contributed by atoms with E-state index in [1.165, 1.54) is 13.8 Å². The highest BCUT2D eigenvalue weighted by atomic mass is 16.5. The van der Waals surface area contributed by atoms with Crippen LogP contribution in [-0.4, -0.2) is 29.9 Å². The number of ketones is 1. The van der Waals surface area contributed by atoms with Gasteiger partial charge in [0.05, 0.1) is 0 Å². The molecule has 0 saturated carbocycles. The summed E-state index contributed by atoms with van der Waals surface area (Å²) >= 11 is 0. The van der Waals surface area contributed by atoms with E-state index in [9.17, 15) is 14.4 Å². The smallest absolute Gasteiger partial charge is 0.303 e. The lowest BCUT2D eigenvalue weighted by molar-refractivity contribution is -0.150. The van der Waals surface area contributed by atoms with E-state index in [0.29, 0.717) is 12.8 Å². The standard InChI is InChI=1S/C19H26O5/c1-11-10-19(5)12(2)8-16(23-13(3)20)9-15(19)6-7-17(22)18(11)24-14(4)21/h9-10,12,16,18H,6-8H2,1-5H3/t12-,16-,18-,19+/m0/s1. The third-order valence-corrected chi connectivity index (χ3v) is 5.16. The van der Waals surface area contributed by atoms with E-state index in [1.807, 2.05) is 13.0 Å². The Morgan fingerprint density at radius 2 is 1.79 bits per heavy atom. The molecule has 2 aliphatic rings. The minimum atomic E-state index is -0.792. The predicted octanol–water partition coefficient (Wildman–Crippen LogP) is 3.13. The Hall–Kier alpha value is -1.91. The predicted molar refractivity (Wildman–Crippen MR) is 89.1 cm³/mol. The van der Waals surface area contributed by atoms with E-state index >= 15 is 0 Å². The Bertz CT molecular complexity index is 615. The van der Waals surface area contributed by atoms with Crippen molar-refractivity contribution in [3.8, 4) is 0 Å². The van der Waals surface area contributed by atoms with Crippen molar-refractivity contribution in [1.82, 2.24) is 0 Å². The second kappa shape index (κ2) is 6.91. The van der Waals surface area contributed by atoms with Crippen LogP contribution in [0, 0.1) is 11.3 Å². The van der Waals surface area contributed by atoms with E-state index in [2.05, 4.69) is 19.9 Å². The van der Waals surface area contributed by atoms with Gasteiger partial charge in [0, 0.05) is 25.7 Å². The van der Waals surface area contributed by atoms with Gasteiger partial charge in [0.1, 0.15) is 6.10 Å². The van der Waals surface area contributed by atoms with E-state index in [0.717, 1.165) is 17.6 Å². The topological polar surface area (TPSA) is 69.7 Å². The molecule has 0 N–H and O–H groups in total. The summed E-state index contributed by atoms with van der Waals surface area (Å²) < 4.78 is 10.6. The molecule has 0 saturated heterocycles. The van der Waals surface area contributed by atoms with Crippen LogP contribution in [0.3, 0.4) is 0 Å². The molecule has 5 heteroatoms. The molecular weight excluding hydrogens is 308 g/mol. The number of allylic oxidation sites excluding steroid dienone is 2. The van der Waals surface area contributed by atoms with Crippen LogP contribution in [0.1, 0.15) is 53.9 Å². The van der Waals surface area contributed by atoms with Crippen molar-refractivity contribution in [3.63, 3.8) is 0 Å². The lowest BCUT2D eigenvalue weighted by Crippen LogP contribution is -2.39. The highest BCUT2D eigenvalue weighted by Crippen LogP contribution is 2.47. The first kappa shape index (κ1) is 18.4. The molecule has 2 rings (SSSR count). The first-order valence-electron chi connectivity index (χ1n) is 8.41. The summed E-state index contributed by atoms with van der Waals surface area (Å²) in [6.07, 6.45) is 4.63. The maximum absolute atomic E-state index is 12.4. The molecule has 0 aromatic carbocycles. The van der Waals surface area contributed by atoms with Gasteiger partial charge < -0.3 is 9.47 Å². The van der Waals surface area contributed by atoms with Gasteiger partial charge in [-0.25, -0.2) is 0 Å². The van der Waals surface area contributed by atoms with Crippen LogP contribution < -0.4 is 0 Å². The third-order valence-electron chi connectivity index (χ3n) is 5.16. The Morgan fingerprint density at radius 1 is 1.17 bits per heavy atom. The summed E-state index contributed by atoms with van der Waals surface area (Å²) in [7, 11) is 0.